The minimum absolute atomic E-state index is 0.0501. The lowest BCUT2D eigenvalue weighted by Crippen LogP contribution is -2.28. The predicted octanol–water partition coefficient (Wildman–Crippen LogP) is 2.62. The molecule has 2 aromatic rings. The van der Waals surface area contributed by atoms with Gasteiger partial charge in [-0.3, -0.25) is 10.8 Å². The van der Waals surface area contributed by atoms with Crippen LogP contribution in [0.4, 0.5) is 0 Å². The van der Waals surface area contributed by atoms with Gasteiger partial charge in [-0.2, -0.15) is 0 Å². The summed E-state index contributed by atoms with van der Waals surface area (Å²) in [4.78, 5) is 6.91. The van der Waals surface area contributed by atoms with Crippen LogP contribution in [0.15, 0.2) is 24.3 Å². The van der Waals surface area contributed by atoms with E-state index in [9.17, 15) is 0 Å². The van der Waals surface area contributed by atoms with Gasteiger partial charge in [-0.1, -0.05) is 0 Å². The van der Waals surface area contributed by atoms with E-state index in [-0.39, 0.29) is 6.04 Å². The molecule has 2 rings (SSSR count). The smallest absolute Gasteiger partial charge is 0.0803 e. The highest BCUT2D eigenvalue weighted by atomic mass is 32.1. The summed E-state index contributed by atoms with van der Waals surface area (Å²) in [6, 6.07) is 8.44. The number of thiophene rings is 1. The maximum atomic E-state index is 5.68. The maximum Gasteiger partial charge on any atom is 0.0803 e. The van der Waals surface area contributed by atoms with E-state index in [4.69, 9.17) is 5.84 Å². The molecular formula is C13H17N3S. The van der Waals surface area contributed by atoms with Crippen molar-refractivity contribution in [1.82, 2.24) is 10.4 Å². The second-order valence-corrected chi connectivity index (χ2v) is 5.55. The van der Waals surface area contributed by atoms with E-state index >= 15 is 0 Å². The fourth-order valence-electron chi connectivity index (χ4n) is 1.98. The zero-order valence-corrected chi connectivity index (χ0v) is 11.1. The van der Waals surface area contributed by atoms with Gasteiger partial charge in [-0.15, -0.1) is 11.3 Å². The molecule has 3 nitrogen and oxygen atoms in total. The highest BCUT2D eigenvalue weighted by Gasteiger charge is 2.15. The Hall–Kier alpha value is -1.23. The van der Waals surface area contributed by atoms with Crippen LogP contribution in [0.25, 0.3) is 0 Å². The van der Waals surface area contributed by atoms with Gasteiger partial charge in [-0.05, 0) is 50.6 Å². The normalized spacial score (nSPS) is 12.7. The summed E-state index contributed by atoms with van der Waals surface area (Å²) >= 11 is 1.76. The minimum atomic E-state index is 0.0501. The molecule has 2 aromatic heterocycles. The first kappa shape index (κ1) is 12.2. The fraction of sp³-hybridized carbons (Fsp3) is 0.308. The molecular weight excluding hydrogens is 230 g/mol. The molecule has 3 N–H and O–H groups in total. The van der Waals surface area contributed by atoms with Gasteiger partial charge in [0.2, 0.25) is 0 Å². The largest absolute Gasteiger partial charge is 0.271 e. The summed E-state index contributed by atoms with van der Waals surface area (Å²) < 4.78 is 0. The Bertz CT molecular complexity index is 499. The SMILES string of the molecule is Cc1cc(C(NN)c2ccc(C)s2)cc(C)n1. The van der Waals surface area contributed by atoms with Gasteiger partial charge in [0.05, 0.1) is 6.04 Å². The third-order valence-electron chi connectivity index (χ3n) is 2.65. The van der Waals surface area contributed by atoms with Crippen LogP contribution in [0, 0.1) is 20.8 Å². The van der Waals surface area contributed by atoms with Gasteiger partial charge in [-0.25, -0.2) is 5.43 Å². The molecule has 0 saturated carbocycles. The van der Waals surface area contributed by atoms with Gasteiger partial charge in [0, 0.05) is 21.1 Å². The van der Waals surface area contributed by atoms with E-state index in [0.29, 0.717) is 0 Å². The number of rotatable bonds is 3. The minimum Gasteiger partial charge on any atom is -0.271 e. The first-order valence-electron chi connectivity index (χ1n) is 5.58. The number of hydrogen-bond donors (Lipinski definition) is 2. The maximum absolute atomic E-state index is 5.68. The summed E-state index contributed by atoms with van der Waals surface area (Å²) in [6.45, 7) is 6.11. The summed E-state index contributed by atoms with van der Waals surface area (Å²) in [6.07, 6.45) is 0. The monoisotopic (exact) mass is 247 g/mol. The molecule has 90 valence electrons. The zero-order valence-electron chi connectivity index (χ0n) is 10.3. The topological polar surface area (TPSA) is 50.9 Å². The van der Waals surface area contributed by atoms with Gasteiger partial charge in [0.25, 0.3) is 0 Å². The molecule has 0 aromatic carbocycles. The van der Waals surface area contributed by atoms with Crippen molar-refractivity contribution in [2.24, 2.45) is 5.84 Å². The molecule has 0 bridgehead atoms. The number of hydrazine groups is 1. The molecule has 17 heavy (non-hydrogen) atoms. The van der Waals surface area contributed by atoms with E-state index in [2.05, 4.69) is 41.6 Å². The number of nitrogens with two attached hydrogens (primary N) is 1. The summed E-state index contributed by atoms with van der Waals surface area (Å²) in [5, 5.41) is 0. The molecule has 4 heteroatoms. The van der Waals surface area contributed by atoms with Gasteiger partial charge >= 0.3 is 0 Å². The number of nitrogens with zero attached hydrogens (tertiary/aromatic N) is 1. The van der Waals surface area contributed by atoms with Crippen molar-refractivity contribution in [2.75, 3.05) is 0 Å². The second-order valence-electron chi connectivity index (χ2n) is 4.23. The number of pyridine rings is 1. The average Bonchev–Trinajstić information content (AvgIpc) is 2.64. The molecule has 0 amide bonds. The highest BCUT2D eigenvalue weighted by Crippen LogP contribution is 2.28. The quantitative estimate of drug-likeness (QED) is 0.647. The van der Waals surface area contributed by atoms with Crippen LogP contribution in [0.1, 0.15) is 32.7 Å². The highest BCUT2D eigenvalue weighted by molar-refractivity contribution is 7.12. The van der Waals surface area contributed by atoms with Crippen LogP contribution in [-0.2, 0) is 0 Å². The Kier molecular flexibility index (Phi) is 3.57. The number of hydrogen-bond acceptors (Lipinski definition) is 4. The first-order chi connectivity index (χ1) is 8.10. The van der Waals surface area contributed by atoms with Crippen molar-refractivity contribution in [3.63, 3.8) is 0 Å². The van der Waals surface area contributed by atoms with Crippen molar-refractivity contribution in [2.45, 2.75) is 26.8 Å². The molecule has 1 unspecified atom stereocenters. The number of aromatic nitrogens is 1. The number of nitrogens with one attached hydrogen (secondary N) is 1. The van der Waals surface area contributed by atoms with Gasteiger partial charge in [0.15, 0.2) is 0 Å². The van der Waals surface area contributed by atoms with Gasteiger partial charge in [0.1, 0.15) is 0 Å². The van der Waals surface area contributed by atoms with Crippen molar-refractivity contribution in [1.29, 1.82) is 0 Å². The summed E-state index contributed by atoms with van der Waals surface area (Å²) in [5.74, 6) is 5.68. The standard InChI is InChI=1S/C13H17N3S/c1-8-6-11(7-9(2)15-8)13(16-14)12-5-4-10(3)17-12/h4-7,13,16H,14H2,1-3H3. The van der Waals surface area contributed by atoms with Crippen molar-refractivity contribution < 1.29 is 0 Å². The molecule has 2 heterocycles. The van der Waals surface area contributed by atoms with Crippen LogP contribution < -0.4 is 11.3 Å². The second kappa shape index (κ2) is 4.96. The fourth-order valence-corrected chi connectivity index (χ4v) is 2.95. The van der Waals surface area contributed by atoms with Crippen LogP contribution in [0.3, 0.4) is 0 Å². The molecule has 0 aliphatic rings. The van der Waals surface area contributed by atoms with Crippen LogP contribution >= 0.6 is 11.3 Å². The Morgan fingerprint density at radius 2 is 1.82 bits per heavy atom. The Balaban J connectivity index is 2.41. The van der Waals surface area contributed by atoms with E-state index in [0.717, 1.165) is 11.4 Å². The van der Waals surface area contributed by atoms with E-state index < -0.39 is 0 Å². The zero-order chi connectivity index (χ0) is 12.4. The molecule has 0 aliphatic carbocycles. The van der Waals surface area contributed by atoms with Crippen molar-refractivity contribution in [3.8, 4) is 0 Å². The Labute approximate surface area is 106 Å². The molecule has 0 aliphatic heterocycles. The molecule has 1 atom stereocenters. The van der Waals surface area contributed by atoms with Crippen LogP contribution in [0.5, 0.6) is 0 Å². The van der Waals surface area contributed by atoms with Crippen molar-refractivity contribution in [3.05, 3.63) is 51.0 Å². The summed E-state index contributed by atoms with van der Waals surface area (Å²) in [5.41, 5.74) is 6.09. The van der Waals surface area contributed by atoms with Crippen LogP contribution in [-0.4, -0.2) is 4.98 Å². The predicted molar refractivity (Wildman–Crippen MR) is 71.9 cm³/mol. The Morgan fingerprint density at radius 1 is 1.18 bits per heavy atom. The molecule has 0 radical (unpaired) electrons. The third-order valence-corrected chi connectivity index (χ3v) is 3.72. The van der Waals surface area contributed by atoms with Crippen molar-refractivity contribution >= 4 is 11.3 Å². The third kappa shape index (κ3) is 2.72. The average molecular weight is 247 g/mol. The lowest BCUT2D eigenvalue weighted by atomic mass is 10.1. The van der Waals surface area contributed by atoms with Gasteiger partial charge < -0.3 is 0 Å². The Morgan fingerprint density at radius 3 is 2.29 bits per heavy atom. The lowest BCUT2D eigenvalue weighted by molar-refractivity contribution is 0.644. The first-order valence-corrected chi connectivity index (χ1v) is 6.39. The van der Waals surface area contributed by atoms with E-state index in [1.54, 1.807) is 11.3 Å². The van der Waals surface area contributed by atoms with E-state index in [1.165, 1.54) is 15.3 Å². The lowest BCUT2D eigenvalue weighted by Gasteiger charge is -2.15. The van der Waals surface area contributed by atoms with Crippen LogP contribution in [0.2, 0.25) is 0 Å². The molecule has 0 spiro atoms. The molecule has 0 saturated heterocycles. The summed E-state index contributed by atoms with van der Waals surface area (Å²) in [7, 11) is 0. The van der Waals surface area contributed by atoms with E-state index in [1.807, 2.05) is 13.8 Å². The molecule has 0 fully saturated rings. The number of aryl methyl sites for hydroxylation is 3.